The maximum atomic E-state index is 13.3. The summed E-state index contributed by atoms with van der Waals surface area (Å²) in [6, 6.07) is 16.9. The minimum atomic E-state index is -0.639. The van der Waals surface area contributed by atoms with Crippen LogP contribution in [0, 0.1) is 5.92 Å². The summed E-state index contributed by atoms with van der Waals surface area (Å²) in [6.07, 6.45) is 6.42. The molecule has 0 aliphatic carbocycles. The molecule has 3 rings (SSSR count). The first-order chi connectivity index (χ1) is 19.0. The number of aliphatic hydroxyl groups is 1. The zero-order chi connectivity index (χ0) is 28.0. The number of nitrogens with zero attached hydrogens (tertiary/aromatic N) is 1. The molecular weight excluding hydrogens is 492 g/mol. The summed E-state index contributed by atoms with van der Waals surface area (Å²) in [5.41, 5.74) is 2.96. The van der Waals surface area contributed by atoms with E-state index in [9.17, 15) is 19.5 Å². The predicted molar refractivity (Wildman–Crippen MR) is 151 cm³/mol. The van der Waals surface area contributed by atoms with Gasteiger partial charge in [0.15, 0.2) is 0 Å². The van der Waals surface area contributed by atoms with E-state index >= 15 is 0 Å². The van der Waals surface area contributed by atoms with Crippen LogP contribution in [-0.4, -0.2) is 47.0 Å². The Morgan fingerprint density at radius 2 is 1.74 bits per heavy atom. The Morgan fingerprint density at radius 1 is 1.03 bits per heavy atom. The van der Waals surface area contributed by atoms with Gasteiger partial charge in [0, 0.05) is 19.4 Å². The lowest BCUT2D eigenvalue weighted by molar-refractivity contribution is -0.150. The third-order valence-corrected chi connectivity index (χ3v) is 7.08. The summed E-state index contributed by atoms with van der Waals surface area (Å²) >= 11 is 0. The molecule has 2 N–H and O–H groups in total. The maximum absolute atomic E-state index is 13.3. The number of carbonyl (C=O) groups is 3. The highest BCUT2D eigenvalue weighted by molar-refractivity contribution is 5.86. The molecule has 0 saturated carbocycles. The van der Waals surface area contributed by atoms with E-state index in [2.05, 4.69) is 18.5 Å². The Kier molecular flexibility index (Phi) is 12.0. The standard InChI is InChI=1S/C32H40N2O5/c1-3-5-6-10-18-31(37)39-29(24-14-8-7-9-15-24)21-33-32(38)26(13-4-2)20-30(36)34-22-27-17-12-11-16-25(27)19-28(34)23-35/h3-4,7-9,11-12,14-17,26,28-29,35H,1-2,5-6,10,13,18-23H2,(H,33,38)/t26-,28+,29-/m1/s1. The summed E-state index contributed by atoms with van der Waals surface area (Å²) < 4.78 is 5.74. The predicted octanol–water partition coefficient (Wildman–Crippen LogP) is 4.66. The van der Waals surface area contributed by atoms with Crippen LogP contribution in [-0.2, 0) is 32.1 Å². The second kappa shape index (κ2) is 15.6. The van der Waals surface area contributed by atoms with Crippen molar-refractivity contribution in [3.8, 4) is 0 Å². The van der Waals surface area contributed by atoms with Crippen LogP contribution in [0.5, 0.6) is 0 Å². The highest BCUT2D eigenvalue weighted by Gasteiger charge is 2.32. The molecule has 1 heterocycles. The first-order valence-electron chi connectivity index (χ1n) is 13.7. The molecule has 1 aliphatic rings. The molecule has 0 unspecified atom stereocenters. The van der Waals surface area contributed by atoms with Crippen LogP contribution in [0.15, 0.2) is 79.9 Å². The van der Waals surface area contributed by atoms with E-state index < -0.39 is 12.0 Å². The molecule has 2 aromatic rings. The van der Waals surface area contributed by atoms with Gasteiger partial charge in [-0.1, -0.05) is 66.7 Å². The lowest BCUT2D eigenvalue weighted by Crippen LogP contribution is -2.47. The molecule has 7 nitrogen and oxygen atoms in total. The van der Waals surface area contributed by atoms with Crippen molar-refractivity contribution in [1.29, 1.82) is 0 Å². The third-order valence-electron chi connectivity index (χ3n) is 7.08. The van der Waals surface area contributed by atoms with Crippen molar-refractivity contribution in [2.75, 3.05) is 13.2 Å². The van der Waals surface area contributed by atoms with Gasteiger partial charge < -0.3 is 20.1 Å². The van der Waals surface area contributed by atoms with E-state index in [0.717, 1.165) is 29.5 Å². The van der Waals surface area contributed by atoms with Gasteiger partial charge in [0.1, 0.15) is 6.10 Å². The van der Waals surface area contributed by atoms with Crippen molar-refractivity contribution < 1.29 is 24.2 Å². The minimum Gasteiger partial charge on any atom is -0.456 e. The molecule has 2 aromatic carbocycles. The Bertz CT molecular complexity index is 1120. The first kappa shape index (κ1) is 29.8. The second-order valence-corrected chi connectivity index (χ2v) is 9.93. The molecule has 208 valence electrons. The fraction of sp³-hybridized carbons (Fsp3) is 0.406. The Labute approximate surface area is 231 Å². The van der Waals surface area contributed by atoms with Gasteiger partial charge in [0.05, 0.1) is 25.1 Å². The SMILES string of the molecule is C=CCCCCC(=O)O[C@H](CNC(=O)[C@H](CC=C)CC(=O)N1Cc2ccccc2C[C@H]1CO)c1ccccc1. The van der Waals surface area contributed by atoms with E-state index in [1.165, 1.54) is 0 Å². The number of hydrogen-bond acceptors (Lipinski definition) is 5. The Hall–Kier alpha value is -3.71. The number of aliphatic hydroxyl groups excluding tert-OH is 1. The Balaban J connectivity index is 1.63. The number of allylic oxidation sites excluding steroid dienone is 2. The number of benzene rings is 2. The second-order valence-electron chi connectivity index (χ2n) is 9.93. The number of ether oxygens (including phenoxy) is 1. The Morgan fingerprint density at radius 3 is 2.44 bits per heavy atom. The molecule has 1 aliphatic heterocycles. The fourth-order valence-electron chi connectivity index (χ4n) is 4.86. The first-order valence-corrected chi connectivity index (χ1v) is 13.7. The summed E-state index contributed by atoms with van der Waals surface area (Å²) in [4.78, 5) is 40.7. The summed E-state index contributed by atoms with van der Waals surface area (Å²) in [6.45, 7) is 7.82. The van der Waals surface area contributed by atoms with Gasteiger partial charge in [-0.05, 0) is 48.8 Å². The number of hydrogen-bond donors (Lipinski definition) is 2. The monoisotopic (exact) mass is 532 g/mol. The van der Waals surface area contributed by atoms with E-state index in [1.54, 1.807) is 11.0 Å². The maximum Gasteiger partial charge on any atom is 0.306 e. The van der Waals surface area contributed by atoms with E-state index in [-0.39, 0.29) is 43.4 Å². The molecule has 0 radical (unpaired) electrons. The van der Waals surface area contributed by atoms with Crippen molar-refractivity contribution in [2.45, 2.75) is 63.6 Å². The van der Waals surface area contributed by atoms with Gasteiger partial charge in [-0.15, -0.1) is 13.2 Å². The molecule has 2 amide bonds. The van der Waals surface area contributed by atoms with Crippen molar-refractivity contribution in [3.63, 3.8) is 0 Å². The summed E-state index contributed by atoms with van der Waals surface area (Å²) in [7, 11) is 0. The van der Waals surface area contributed by atoms with Crippen molar-refractivity contribution in [1.82, 2.24) is 10.2 Å². The molecule has 0 saturated heterocycles. The van der Waals surface area contributed by atoms with Crippen LogP contribution < -0.4 is 5.32 Å². The smallest absolute Gasteiger partial charge is 0.306 e. The normalized spacial score (nSPS) is 15.9. The molecule has 0 bridgehead atoms. The third kappa shape index (κ3) is 8.93. The van der Waals surface area contributed by atoms with Crippen LogP contribution in [0.25, 0.3) is 0 Å². The number of carbonyl (C=O) groups excluding carboxylic acids is 3. The minimum absolute atomic E-state index is 0.00435. The van der Waals surface area contributed by atoms with Gasteiger partial charge >= 0.3 is 5.97 Å². The highest BCUT2D eigenvalue weighted by Crippen LogP contribution is 2.25. The number of fused-ring (bicyclic) bond motifs is 1. The van der Waals surface area contributed by atoms with Crippen LogP contribution >= 0.6 is 0 Å². The molecule has 0 aromatic heterocycles. The number of esters is 1. The molecule has 0 spiro atoms. The van der Waals surface area contributed by atoms with E-state index in [0.29, 0.717) is 32.2 Å². The van der Waals surface area contributed by atoms with Gasteiger partial charge in [-0.2, -0.15) is 0 Å². The average Bonchev–Trinajstić information content (AvgIpc) is 2.96. The van der Waals surface area contributed by atoms with Crippen molar-refractivity contribution in [3.05, 3.63) is 96.6 Å². The zero-order valence-electron chi connectivity index (χ0n) is 22.6. The quantitative estimate of drug-likeness (QED) is 0.198. The van der Waals surface area contributed by atoms with Crippen LogP contribution in [0.3, 0.4) is 0 Å². The van der Waals surface area contributed by atoms with Crippen LogP contribution in [0.1, 0.15) is 61.3 Å². The molecule has 3 atom stereocenters. The zero-order valence-corrected chi connectivity index (χ0v) is 22.6. The van der Waals surface area contributed by atoms with Gasteiger partial charge in [0.25, 0.3) is 0 Å². The lowest BCUT2D eigenvalue weighted by Gasteiger charge is -2.36. The highest BCUT2D eigenvalue weighted by atomic mass is 16.5. The van der Waals surface area contributed by atoms with Gasteiger partial charge in [-0.3, -0.25) is 14.4 Å². The molecular formula is C32H40N2O5. The molecule has 7 heteroatoms. The summed E-state index contributed by atoms with van der Waals surface area (Å²) in [5, 5.41) is 12.9. The molecule has 39 heavy (non-hydrogen) atoms. The summed E-state index contributed by atoms with van der Waals surface area (Å²) in [5.74, 6) is -1.43. The number of amides is 2. The fourth-order valence-corrected chi connectivity index (χ4v) is 4.86. The number of unbranched alkanes of at least 4 members (excludes halogenated alkanes) is 2. The lowest BCUT2D eigenvalue weighted by atomic mass is 9.92. The van der Waals surface area contributed by atoms with Gasteiger partial charge in [0.2, 0.25) is 11.8 Å². The van der Waals surface area contributed by atoms with E-state index in [1.807, 2.05) is 60.7 Å². The number of rotatable bonds is 15. The van der Waals surface area contributed by atoms with Crippen molar-refractivity contribution >= 4 is 17.8 Å². The topological polar surface area (TPSA) is 95.9 Å². The van der Waals surface area contributed by atoms with E-state index in [4.69, 9.17) is 4.74 Å². The average molecular weight is 533 g/mol. The largest absolute Gasteiger partial charge is 0.456 e. The van der Waals surface area contributed by atoms with Gasteiger partial charge in [-0.25, -0.2) is 0 Å². The van der Waals surface area contributed by atoms with Crippen molar-refractivity contribution in [2.24, 2.45) is 5.92 Å². The number of nitrogens with one attached hydrogen (secondary N) is 1. The van der Waals surface area contributed by atoms with Crippen LogP contribution in [0.2, 0.25) is 0 Å². The van der Waals surface area contributed by atoms with Crippen LogP contribution in [0.4, 0.5) is 0 Å². The molecule has 0 fully saturated rings.